The van der Waals surface area contributed by atoms with Crippen LogP contribution in [0.3, 0.4) is 0 Å². The molecule has 0 spiro atoms. The highest BCUT2D eigenvalue weighted by Crippen LogP contribution is 2.20. The third-order valence-corrected chi connectivity index (χ3v) is 4.79. The Hall–Kier alpha value is -1.86. The van der Waals surface area contributed by atoms with Crippen LogP contribution in [0.15, 0.2) is 57.9 Å². The van der Waals surface area contributed by atoms with Crippen molar-refractivity contribution in [2.75, 3.05) is 11.3 Å². The van der Waals surface area contributed by atoms with Gasteiger partial charge in [0.2, 0.25) is 0 Å². The second-order valence-electron chi connectivity index (χ2n) is 4.78. The maximum atomic E-state index is 12.3. The lowest BCUT2D eigenvalue weighted by molar-refractivity contribution is 0.0505. The molecule has 0 fully saturated rings. The van der Waals surface area contributed by atoms with Crippen molar-refractivity contribution in [2.24, 2.45) is 0 Å². The number of halogens is 1. The fourth-order valence-electron chi connectivity index (χ4n) is 1.80. The standard InChI is InChI=1S/C16H16BrNO4S/c1-2-10-22-16(19)12-6-8-14(9-7-12)18-23(20,21)15-5-3-4-13(17)11-15/h3-9,11,18H,2,10H2,1H3. The van der Waals surface area contributed by atoms with Crippen LogP contribution < -0.4 is 4.72 Å². The molecule has 0 saturated heterocycles. The van der Waals surface area contributed by atoms with E-state index in [4.69, 9.17) is 4.74 Å². The van der Waals surface area contributed by atoms with Gasteiger partial charge in [-0.15, -0.1) is 0 Å². The molecule has 0 heterocycles. The van der Waals surface area contributed by atoms with E-state index >= 15 is 0 Å². The number of anilines is 1. The van der Waals surface area contributed by atoms with Gasteiger partial charge in [-0.2, -0.15) is 0 Å². The maximum absolute atomic E-state index is 12.3. The van der Waals surface area contributed by atoms with Crippen LogP contribution in [0.25, 0.3) is 0 Å². The molecule has 0 unspecified atom stereocenters. The Bertz CT molecular complexity index is 788. The van der Waals surface area contributed by atoms with Gasteiger partial charge in [0.25, 0.3) is 10.0 Å². The normalized spacial score (nSPS) is 11.0. The molecule has 0 aliphatic carbocycles. The molecule has 0 bridgehead atoms. The first-order chi connectivity index (χ1) is 10.9. The van der Waals surface area contributed by atoms with E-state index in [0.717, 1.165) is 6.42 Å². The number of benzene rings is 2. The molecule has 0 aromatic heterocycles. The van der Waals surface area contributed by atoms with Crippen molar-refractivity contribution in [3.05, 3.63) is 58.6 Å². The van der Waals surface area contributed by atoms with E-state index in [-0.39, 0.29) is 4.90 Å². The lowest BCUT2D eigenvalue weighted by atomic mass is 10.2. The summed E-state index contributed by atoms with van der Waals surface area (Å²) >= 11 is 3.24. The summed E-state index contributed by atoms with van der Waals surface area (Å²) in [5.41, 5.74) is 0.751. The Morgan fingerprint density at radius 1 is 1.17 bits per heavy atom. The van der Waals surface area contributed by atoms with Crippen LogP contribution in [0.5, 0.6) is 0 Å². The summed E-state index contributed by atoms with van der Waals surface area (Å²) in [4.78, 5) is 11.8. The Morgan fingerprint density at radius 3 is 2.48 bits per heavy atom. The van der Waals surface area contributed by atoms with E-state index in [0.29, 0.717) is 22.3 Å². The first-order valence-corrected chi connectivity index (χ1v) is 9.25. The Kier molecular flexibility index (Phi) is 5.79. The molecule has 0 amide bonds. The molecule has 5 nitrogen and oxygen atoms in total. The molecule has 2 rings (SSSR count). The molecule has 2 aromatic rings. The Balaban J connectivity index is 2.13. The monoisotopic (exact) mass is 397 g/mol. The van der Waals surface area contributed by atoms with E-state index < -0.39 is 16.0 Å². The van der Waals surface area contributed by atoms with Gasteiger partial charge in [0.15, 0.2) is 0 Å². The first-order valence-electron chi connectivity index (χ1n) is 6.98. The highest BCUT2D eigenvalue weighted by atomic mass is 79.9. The maximum Gasteiger partial charge on any atom is 0.338 e. The van der Waals surface area contributed by atoms with Crippen LogP contribution in [0, 0.1) is 0 Å². The summed E-state index contributed by atoms with van der Waals surface area (Å²) in [6.45, 7) is 2.27. The van der Waals surface area contributed by atoms with E-state index in [1.165, 1.54) is 36.4 Å². The molecule has 7 heteroatoms. The second kappa shape index (κ2) is 7.61. The van der Waals surface area contributed by atoms with Crippen molar-refractivity contribution < 1.29 is 17.9 Å². The zero-order valence-corrected chi connectivity index (χ0v) is 14.9. The molecule has 2 aromatic carbocycles. The van der Waals surface area contributed by atoms with E-state index in [9.17, 15) is 13.2 Å². The van der Waals surface area contributed by atoms with E-state index in [2.05, 4.69) is 20.7 Å². The van der Waals surface area contributed by atoms with Gasteiger partial charge in [0.1, 0.15) is 0 Å². The minimum absolute atomic E-state index is 0.151. The fourth-order valence-corrected chi connectivity index (χ4v) is 3.46. The van der Waals surface area contributed by atoms with Crippen molar-refractivity contribution in [1.29, 1.82) is 0 Å². The fraction of sp³-hybridized carbons (Fsp3) is 0.188. The van der Waals surface area contributed by atoms with Gasteiger partial charge in [-0.3, -0.25) is 4.72 Å². The van der Waals surface area contributed by atoms with Crippen molar-refractivity contribution in [3.8, 4) is 0 Å². The van der Waals surface area contributed by atoms with Crippen LogP contribution in [-0.4, -0.2) is 21.0 Å². The third kappa shape index (κ3) is 4.80. The highest BCUT2D eigenvalue weighted by molar-refractivity contribution is 9.10. The largest absolute Gasteiger partial charge is 0.462 e. The zero-order valence-electron chi connectivity index (χ0n) is 12.5. The van der Waals surface area contributed by atoms with Gasteiger partial charge in [0.05, 0.1) is 17.1 Å². The number of esters is 1. The van der Waals surface area contributed by atoms with Crippen LogP contribution in [0.4, 0.5) is 5.69 Å². The molecule has 0 aliphatic heterocycles. The molecule has 122 valence electrons. The number of carbonyl (C=O) groups is 1. The number of rotatable bonds is 6. The topological polar surface area (TPSA) is 72.5 Å². The molecular weight excluding hydrogens is 382 g/mol. The Labute approximate surface area is 143 Å². The van der Waals surface area contributed by atoms with Crippen LogP contribution in [0.1, 0.15) is 23.7 Å². The van der Waals surface area contributed by atoms with Gasteiger partial charge in [-0.1, -0.05) is 28.9 Å². The van der Waals surface area contributed by atoms with Gasteiger partial charge in [-0.25, -0.2) is 13.2 Å². The van der Waals surface area contributed by atoms with Crippen molar-refractivity contribution in [1.82, 2.24) is 0 Å². The number of sulfonamides is 1. The van der Waals surface area contributed by atoms with Gasteiger partial charge < -0.3 is 4.74 Å². The van der Waals surface area contributed by atoms with Crippen molar-refractivity contribution >= 4 is 37.6 Å². The van der Waals surface area contributed by atoms with Crippen molar-refractivity contribution in [2.45, 2.75) is 18.2 Å². The summed E-state index contributed by atoms with van der Waals surface area (Å²) < 4.78 is 32.7. The predicted octanol–water partition coefficient (Wildman–Crippen LogP) is 3.82. The number of carbonyl (C=O) groups excluding carboxylic acids is 1. The summed E-state index contributed by atoms with van der Waals surface area (Å²) in [7, 11) is -3.68. The Morgan fingerprint density at radius 2 is 1.87 bits per heavy atom. The summed E-state index contributed by atoms with van der Waals surface area (Å²) in [6, 6.07) is 12.5. The lowest BCUT2D eigenvalue weighted by Gasteiger charge is -2.09. The molecular formula is C16H16BrNO4S. The quantitative estimate of drug-likeness (QED) is 0.751. The number of ether oxygens (including phenoxy) is 1. The minimum Gasteiger partial charge on any atom is -0.462 e. The number of hydrogen-bond donors (Lipinski definition) is 1. The van der Waals surface area contributed by atoms with Gasteiger partial charge >= 0.3 is 5.97 Å². The molecule has 0 aliphatic rings. The highest BCUT2D eigenvalue weighted by Gasteiger charge is 2.15. The molecule has 0 atom stereocenters. The summed E-state index contributed by atoms with van der Waals surface area (Å²) in [5, 5.41) is 0. The lowest BCUT2D eigenvalue weighted by Crippen LogP contribution is -2.13. The molecule has 1 N–H and O–H groups in total. The smallest absolute Gasteiger partial charge is 0.338 e. The van der Waals surface area contributed by atoms with E-state index in [1.54, 1.807) is 12.1 Å². The summed E-state index contributed by atoms with van der Waals surface area (Å²) in [5.74, 6) is -0.423. The molecule has 0 radical (unpaired) electrons. The van der Waals surface area contributed by atoms with Gasteiger partial charge in [0, 0.05) is 10.2 Å². The second-order valence-corrected chi connectivity index (χ2v) is 7.37. The third-order valence-electron chi connectivity index (χ3n) is 2.92. The van der Waals surface area contributed by atoms with E-state index in [1.807, 2.05) is 6.92 Å². The van der Waals surface area contributed by atoms with Crippen LogP contribution in [-0.2, 0) is 14.8 Å². The zero-order chi connectivity index (χ0) is 16.9. The van der Waals surface area contributed by atoms with Crippen molar-refractivity contribution in [3.63, 3.8) is 0 Å². The molecule has 23 heavy (non-hydrogen) atoms. The first kappa shape index (κ1) is 17.5. The SMILES string of the molecule is CCCOC(=O)c1ccc(NS(=O)(=O)c2cccc(Br)c2)cc1. The predicted molar refractivity (Wildman–Crippen MR) is 92.0 cm³/mol. The average molecular weight is 398 g/mol. The summed E-state index contributed by atoms with van der Waals surface area (Å²) in [6.07, 6.45) is 0.746. The minimum atomic E-state index is -3.68. The van der Waals surface area contributed by atoms with Gasteiger partial charge in [-0.05, 0) is 48.9 Å². The number of nitrogens with one attached hydrogen (secondary N) is 1. The molecule has 0 saturated carbocycles. The average Bonchev–Trinajstić information content (AvgIpc) is 2.53. The number of hydrogen-bond acceptors (Lipinski definition) is 4. The van der Waals surface area contributed by atoms with Crippen LogP contribution in [0.2, 0.25) is 0 Å². The van der Waals surface area contributed by atoms with Crippen LogP contribution >= 0.6 is 15.9 Å².